The summed E-state index contributed by atoms with van der Waals surface area (Å²) in [5.74, 6) is -0.0558. The van der Waals surface area contributed by atoms with Crippen LogP contribution in [0.15, 0.2) is 10.8 Å². The van der Waals surface area contributed by atoms with Crippen molar-refractivity contribution in [3.05, 3.63) is 26.8 Å². The Balaban J connectivity index is 2.60. The summed E-state index contributed by atoms with van der Waals surface area (Å²) in [5, 5.41) is 4.22. The number of esters is 1. The first-order valence-corrected chi connectivity index (χ1v) is 8.35. The molecule has 2 aromatic rings. The van der Waals surface area contributed by atoms with Crippen LogP contribution >= 0.6 is 22.7 Å². The minimum atomic E-state index is -0.323. The van der Waals surface area contributed by atoms with Crippen LogP contribution in [0.2, 0.25) is 0 Å². The minimum absolute atomic E-state index is 0.267. The summed E-state index contributed by atoms with van der Waals surface area (Å²) in [6.07, 6.45) is 0. The Morgan fingerprint density at radius 2 is 2.10 bits per heavy atom. The van der Waals surface area contributed by atoms with Gasteiger partial charge in [-0.05, 0) is 41.7 Å². The number of hydrogen-bond donors (Lipinski definition) is 1. The summed E-state index contributed by atoms with van der Waals surface area (Å²) in [6.45, 7) is 8.43. The van der Waals surface area contributed by atoms with Crippen molar-refractivity contribution in [2.24, 2.45) is 0 Å². The van der Waals surface area contributed by atoms with Crippen molar-refractivity contribution < 1.29 is 9.53 Å². The summed E-state index contributed by atoms with van der Waals surface area (Å²) < 4.78 is 5.10. The molecule has 2 heterocycles. The van der Waals surface area contributed by atoms with E-state index in [0.29, 0.717) is 17.2 Å². The van der Waals surface area contributed by atoms with Crippen LogP contribution in [0.5, 0.6) is 0 Å². The van der Waals surface area contributed by atoms with Gasteiger partial charge in [-0.15, -0.1) is 11.3 Å². The molecule has 0 aromatic carbocycles. The zero-order valence-electron chi connectivity index (χ0n) is 12.1. The standard InChI is InChI=1S/C15H19NO2S2/c1-5-18-15(17)14-12(16)11(8(2)3)13(20-14)10-7-19-6-9(10)4/h6-8H,5,16H2,1-4H3. The third-order valence-corrected chi connectivity index (χ3v) is 5.22. The molecule has 0 aliphatic carbocycles. The molecule has 0 aliphatic heterocycles. The van der Waals surface area contributed by atoms with Crippen molar-refractivity contribution in [3.63, 3.8) is 0 Å². The number of rotatable bonds is 4. The maximum Gasteiger partial charge on any atom is 0.350 e. The van der Waals surface area contributed by atoms with E-state index in [1.165, 1.54) is 22.5 Å². The van der Waals surface area contributed by atoms with E-state index in [2.05, 4.69) is 31.5 Å². The molecule has 0 bridgehead atoms. The number of anilines is 1. The molecule has 0 amide bonds. The summed E-state index contributed by atoms with van der Waals surface area (Å²) in [4.78, 5) is 13.6. The summed E-state index contributed by atoms with van der Waals surface area (Å²) in [5.41, 5.74) is 10.2. The Morgan fingerprint density at radius 3 is 2.60 bits per heavy atom. The maximum absolute atomic E-state index is 12.0. The van der Waals surface area contributed by atoms with E-state index in [4.69, 9.17) is 10.5 Å². The second-order valence-electron chi connectivity index (χ2n) is 4.93. The van der Waals surface area contributed by atoms with Crippen molar-refractivity contribution in [2.45, 2.75) is 33.6 Å². The number of ether oxygens (including phenoxy) is 1. The molecule has 0 saturated carbocycles. The minimum Gasteiger partial charge on any atom is -0.462 e. The number of thiophene rings is 2. The maximum atomic E-state index is 12.0. The molecular formula is C15H19NO2S2. The predicted molar refractivity (Wildman–Crippen MR) is 86.8 cm³/mol. The summed E-state index contributed by atoms with van der Waals surface area (Å²) in [7, 11) is 0. The fraction of sp³-hybridized carbons (Fsp3) is 0.400. The van der Waals surface area contributed by atoms with Crippen LogP contribution in [0.3, 0.4) is 0 Å². The van der Waals surface area contributed by atoms with E-state index >= 15 is 0 Å². The van der Waals surface area contributed by atoms with Gasteiger partial charge in [-0.1, -0.05) is 13.8 Å². The third kappa shape index (κ3) is 2.60. The Morgan fingerprint density at radius 1 is 1.40 bits per heavy atom. The number of carbonyl (C=O) groups is 1. The van der Waals surface area contributed by atoms with Crippen LogP contribution < -0.4 is 5.73 Å². The van der Waals surface area contributed by atoms with Crippen LogP contribution in [-0.2, 0) is 4.74 Å². The average Bonchev–Trinajstić information content (AvgIpc) is 2.93. The van der Waals surface area contributed by atoms with Crippen LogP contribution in [-0.4, -0.2) is 12.6 Å². The Hall–Kier alpha value is -1.33. The summed E-state index contributed by atoms with van der Waals surface area (Å²) >= 11 is 3.11. The average molecular weight is 309 g/mol. The van der Waals surface area contributed by atoms with Gasteiger partial charge in [0.2, 0.25) is 0 Å². The second kappa shape index (κ2) is 5.97. The first-order valence-electron chi connectivity index (χ1n) is 6.59. The lowest BCUT2D eigenvalue weighted by Crippen LogP contribution is -2.06. The highest BCUT2D eigenvalue weighted by Crippen LogP contribution is 2.44. The molecule has 0 fully saturated rings. The largest absolute Gasteiger partial charge is 0.462 e. The topological polar surface area (TPSA) is 52.3 Å². The van der Waals surface area contributed by atoms with Crippen molar-refractivity contribution in [2.75, 3.05) is 12.3 Å². The van der Waals surface area contributed by atoms with Gasteiger partial charge in [-0.25, -0.2) is 4.79 Å². The highest BCUT2D eigenvalue weighted by molar-refractivity contribution is 7.18. The number of hydrogen-bond acceptors (Lipinski definition) is 5. The molecule has 108 valence electrons. The van der Waals surface area contributed by atoms with Gasteiger partial charge in [0.1, 0.15) is 4.88 Å². The van der Waals surface area contributed by atoms with E-state index in [0.717, 1.165) is 10.4 Å². The summed E-state index contributed by atoms with van der Waals surface area (Å²) in [6, 6.07) is 0. The van der Waals surface area contributed by atoms with Crippen molar-refractivity contribution in [3.8, 4) is 10.4 Å². The van der Waals surface area contributed by atoms with Crippen molar-refractivity contribution >= 4 is 34.3 Å². The van der Waals surface area contributed by atoms with Gasteiger partial charge < -0.3 is 10.5 Å². The lowest BCUT2D eigenvalue weighted by atomic mass is 9.98. The normalized spacial score (nSPS) is 11.1. The van der Waals surface area contributed by atoms with Gasteiger partial charge in [0.25, 0.3) is 0 Å². The van der Waals surface area contributed by atoms with Crippen LogP contribution in [0.1, 0.15) is 47.5 Å². The number of aryl methyl sites for hydroxylation is 1. The molecule has 5 heteroatoms. The van der Waals surface area contributed by atoms with Crippen molar-refractivity contribution in [1.82, 2.24) is 0 Å². The number of carbonyl (C=O) groups excluding carboxylic acids is 1. The first-order chi connectivity index (χ1) is 9.47. The van der Waals surface area contributed by atoms with Crippen LogP contribution in [0.4, 0.5) is 5.69 Å². The molecule has 0 aliphatic rings. The van der Waals surface area contributed by atoms with Gasteiger partial charge >= 0.3 is 5.97 Å². The molecule has 0 spiro atoms. The quantitative estimate of drug-likeness (QED) is 0.835. The van der Waals surface area contributed by atoms with Gasteiger partial charge in [0.15, 0.2) is 0 Å². The monoisotopic (exact) mass is 309 g/mol. The fourth-order valence-corrected chi connectivity index (χ4v) is 4.44. The van der Waals surface area contributed by atoms with E-state index in [1.54, 1.807) is 18.3 Å². The molecule has 3 nitrogen and oxygen atoms in total. The highest BCUT2D eigenvalue weighted by Gasteiger charge is 2.25. The zero-order chi connectivity index (χ0) is 14.9. The Kier molecular flexibility index (Phi) is 4.50. The van der Waals surface area contributed by atoms with Crippen LogP contribution in [0.25, 0.3) is 10.4 Å². The van der Waals surface area contributed by atoms with Gasteiger partial charge in [-0.3, -0.25) is 0 Å². The molecule has 0 radical (unpaired) electrons. The van der Waals surface area contributed by atoms with E-state index in [-0.39, 0.29) is 11.9 Å². The first kappa shape index (κ1) is 15.1. The predicted octanol–water partition coefficient (Wildman–Crippen LogP) is 4.67. The Labute approximate surface area is 127 Å². The molecule has 2 rings (SSSR count). The van der Waals surface area contributed by atoms with Crippen molar-refractivity contribution in [1.29, 1.82) is 0 Å². The SMILES string of the molecule is CCOC(=O)c1sc(-c2cscc2C)c(C(C)C)c1N. The Bertz CT molecular complexity index is 626. The fourth-order valence-electron chi connectivity index (χ4n) is 2.17. The molecule has 0 saturated heterocycles. The lowest BCUT2D eigenvalue weighted by Gasteiger charge is -2.08. The van der Waals surface area contributed by atoms with Crippen LogP contribution in [0, 0.1) is 6.92 Å². The van der Waals surface area contributed by atoms with E-state index in [1.807, 2.05) is 0 Å². The molecule has 0 unspecified atom stereocenters. The third-order valence-electron chi connectivity index (χ3n) is 3.12. The van der Waals surface area contributed by atoms with Gasteiger partial charge in [0.05, 0.1) is 12.3 Å². The number of nitrogens with two attached hydrogens (primary N) is 1. The lowest BCUT2D eigenvalue weighted by molar-refractivity contribution is 0.0533. The number of nitrogen functional groups attached to an aromatic ring is 1. The highest BCUT2D eigenvalue weighted by atomic mass is 32.1. The zero-order valence-corrected chi connectivity index (χ0v) is 13.8. The smallest absolute Gasteiger partial charge is 0.350 e. The molecule has 20 heavy (non-hydrogen) atoms. The van der Waals surface area contributed by atoms with Gasteiger partial charge in [-0.2, -0.15) is 11.3 Å². The second-order valence-corrected chi connectivity index (χ2v) is 6.70. The van der Waals surface area contributed by atoms with Gasteiger partial charge in [0, 0.05) is 10.4 Å². The molecule has 0 atom stereocenters. The van der Waals surface area contributed by atoms with E-state index in [9.17, 15) is 4.79 Å². The molecule has 2 N–H and O–H groups in total. The van der Waals surface area contributed by atoms with E-state index < -0.39 is 0 Å². The molecule has 2 aromatic heterocycles. The molecular weight excluding hydrogens is 290 g/mol.